The van der Waals surface area contributed by atoms with E-state index in [2.05, 4.69) is 0 Å². The second kappa shape index (κ2) is 6.34. The largest absolute Gasteiger partial charge is 0.496 e. The summed E-state index contributed by atoms with van der Waals surface area (Å²) in [5.41, 5.74) is 7.73. The Balaban J connectivity index is 2.13. The van der Waals surface area contributed by atoms with Crippen LogP contribution >= 0.6 is 0 Å². The molecule has 100 valence electrons. The first-order chi connectivity index (χ1) is 8.74. The minimum atomic E-state index is -0.789. The van der Waals surface area contributed by atoms with Gasteiger partial charge in [0.1, 0.15) is 5.75 Å². The van der Waals surface area contributed by atoms with E-state index < -0.39 is 10.8 Å². The van der Waals surface area contributed by atoms with Crippen molar-refractivity contribution in [2.75, 3.05) is 7.11 Å². The summed E-state index contributed by atoms with van der Waals surface area (Å²) in [5, 5.41) is 0.372. The Hall–Kier alpha value is -0.870. The molecule has 0 heterocycles. The van der Waals surface area contributed by atoms with Gasteiger partial charge in [-0.2, -0.15) is 0 Å². The number of hydrogen-bond donors (Lipinski definition) is 1. The summed E-state index contributed by atoms with van der Waals surface area (Å²) in [5.74, 6) is 1.40. The van der Waals surface area contributed by atoms with Crippen molar-refractivity contribution in [3.63, 3.8) is 0 Å². The zero-order valence-corrected chi connectivity index (χ0v) is 11.7. The number of hydrogen-bond acceptors (Lipinski definition) is 3. The number of benzene rings is 1. The lowest BCUT2D eigenvalue weighted by Crippen LogP contribution is -2.13. The van der Waals surface area contributed by atoms with Crippen LogP contribution in [0.3, 0.4) is 0 Å². The first kappa shape index (κ1) is 13.6. The molecule has 1 aromatic rings. The molecule has 1 fully saturated rings. The summed E-state index contributed by atoms with van der Waals surface area (Å²) >= 11 is 0. The molecule has 4 heteroatoms. The molecule has 1 aliphatic carbocycles. The molecular formula is C14H21NO2S. The van der Waals surface area contributed by atoms with Gasteiger partial charge in [-0.1, -0.05) is 18.9 Å². The van der Waals surface area contributed by atoms with E-state index in [0.717, 1.165) is 29.7 Å². The highest BCUT2D eigenvalue weighted by atomic mass is 32.2. The Kier molecular flexibility index (Phi) is 4.78. The molecule has 1 aliphatic rings. The van der Waals surface area contributed by atoms with Crippen molar-refractivity contribution in [1.29, 1.82) is 0 Å². The van der Waals surface area contributed by atoms with Crippen molar-refractivity contribution in [2.45, 2.75) is 43.2 Å². The summed E-state index contributed by atoms with van der Waals surface area (Å²) in [6.07, 6.45) is 4.64. The molecule has 2 N–H and O–H groups in total. The third-order valence-corrected chi connectivity index (χ3v) is 5.36. The normalized spacial score (nSPS) is 17.9. The lowest BCUT2D eigenvalue weighted by Gasteiger charge is -2.13. The van der Waals surface area contributed by atoms with Crippen LogP contribution in [0.1, 0.15) is 36.8 Å². The first-order valence-corrected chi connectivity index (χ1v) is 7.86. The van der Waals surface area contributed by atoms with E-state index in [0.29, 0.717) is 17.5 Å². The Labute approximate surface area is 111 Å². The van der Waals surface area contributed by atoms with Crippen LogP contribution in [0.2, 0.25) is 0 Å². The van der Waals surface area contributed by atoms with Crippen molar-refractivity contribution < 1.29 is 8.95 Å². The van der Waals surface area contributed by atoms with Crippen molar-refractivity contribution in [1.82, 2.24) is 0 Å². The van der Waals surface area contributed by atoms with Gasteiger partial charge in [0.15, 0.2) is 0 Å². The maximum atomic E-state index is 12.3. The fourth-order valence-corrected chi connectivity index (χ4v) is 4.12. The van der Waals surface area contributed by atoms with E-state index in [1.54, 1.807) is 7.11 Å². The van der Waals surface area contributed by atoms with Crippen LogP contribution in [0.25, 0.3) is 0 Å². The van der Waals surface area contributed by atoms with Crippen LogP contribution in [0, 0.1) is 0 Å². The highest BCUT2D eigenvalue weighted by Gasteiger charge is 2.22. The number of rotatable bonds is 5. The molecule has 0 aliphatic heterocycles. The third-order valence-electron chi connectivity index (χ3n) is 3.55. The average Bonchev–Trinajstić information content (AvgIpc) is 2.92. The van der Waals surface area contributed by atoms with Crippen LogP contribution in [0.15, 0.2) is 18.2 Å². The predicted octanol–water partition coefficient (Wildman–Crippen LogP) is 2.35. The summed E-state index contributed by atoms with van der Waals surface area (Å²) in [6, 6.07) is 5.90. The SMILES string of the molecule is COc1ccc(CN)cc1CS(=O)C1CCCC1. The number of methoxy groups -OCH3 is 1. The van der Waals surface area contributed by atoms with Gasteiger partial charge < -0.3 is 10.5 Å². The highest BCUT2D eigenvalue weighted by molar-refractivity contribution is 7.84. The maximum Gasteiger partial charge on any atom is 0.123 e. The zero-order chi connectivity index (χ0) is 13.0. The number of ether oxygens (including phenoxy) is 1. The second-order valence-electron chi connectivity index (χ2n) is 4.78. The summed E-state index contributed by atoms with van der Waals surface area (Å²) in [6.45, 7) is 0.507. The van der Waals surface area contributed by atoms with Gasteiger partial charge in [0.05, 0.1) is 12.9 Å². The average molecular weight is 267 g/mol. The monoisotopic (exact) mass is 267 g/mol. The van der Waals surface area contributed by atoms with E-state index in [4.69, 9.17) is 10.5 Å². The van der Waals surface area contributed by atoms with Crippen molar-refractivity contribution in [3.05, 3.63) is 29.3 Å². The molecule has 1 aromatic carbocycles. The lowest BCUT2D eigenvalue weighted by molar-refractivity contribution is 0.411. The van der Waals surface area contributed by atoms with Gasteiger partial charge in [-0.15, -0.1) is 0 Å². The van der Waals surface area contributed by atoms with Gasteiger partial charge in [0.25, 0.3) is 0 Å². The molecule has 0 saturated heterocycles. The van der Waals surface area contributed by atoms with Gasteiger partial charge >= 0.3 is 0 Å². The quantitative estimate of drug-likeness (QED) is 0.891. The Morgan fingerprint density at radius 2 is 2.11 bits per heavy atom. The molecule has 0 radical (unpaired) electrons. The molecule has 3 nitrogen and oxygen atoms in total. The van der Waals surface area contributed by atoms with Gasteiger partial charge in [0, 0.05) is 28.2 Å². The minimum absolute atomic E-state index is 0.372. The lowest BCUT2D eigenvalue weighted by atomic mass is 10.1. The maximum absolute atomic E-state index is 12.3. The second-order valence-corrected chi connectivity index (χ2v) is 6.50. The molecule has 0 spiro atoms. The van der Waals surface area contributed by atoms with E-state index >= 15 is 0 Å². The van der Waals surface area contributed by atoms with Gasteiger partial charge in [0.2, 0.25) is 0 Å². The standard InChI is InChI=1S/C14H21NO2S/c1-17-14-7-6-11(9-15)8-12(14)10-18(16)13-4-2-3-5-13/h6-8,13H,2-5,9-10,15H2,1H3. The fraction of sp³-hybridized carbons (Fsp3) is 0.571. The van der Waals surface area contributed by atoms with E-state index in [1.807, 2.05) is 18.2 Å². The molecule has 1 saturated carbocycles. The predicted molar refractivity (Wildman–Crippen MR) is 75.0 cm³/mol. The number of nitrogens with two attached hydrogens (primary N) is 1. The van der Waals surface area contributed by atoms with E-state index in [-0.39, 0.29) is 0 Å². The summed E-state index contributed by atoms with van der Waals surface area (Å²) < 4.78 is 17.6. The molecule has 0 amide bonds. The third kappa shape index (κ3) is 3.12. The van der Waals surface area contributed by atoms with Crippen LogP contribution in [0.5, 0.6) is 5.75 Å². The van der Waals surface area contributed by atoms with E-state index in [9.17, 15) is 4.21 Å². The molecule has 1 atom stereocenters. The first-order valence-electron chi connectivity index (χ1n) is 6.47. The molecule has 0 aromatic heterocycles. The van der Waals surface area contributed by atoms with Crippen molar-refractivity contribution >= 4 is 10.8 Å². The summed E-state index contributed by atoms with van der Waals surface area (Å²) in [7, 11) is 0.863. The molecular weight excluding hydrogens is 246 g/mol. The van der Waals surface area contributed by atoms with Gasteiger partial charge in [-0.05, 0) is 30.5 Å². The van der Waals surface area contributed by atoms with Crippen LogP contribution in [-0.4, -0.2) is 16.6 Å². The highest BCUT2D eigenvalue weighted by Crippen LogP contribution is 2.27. The van der Waals surface area contributed by atoms with Crippen LogP contribution in [-0.2, 0) is 23.1 Å². The van der Waals surface area contributed by atoms with Gasteiger partial charge in [-0.25, -0.2) is 0 Å². The van der Waals surface area contributed by atoms with Gasteiger partial charge in [-0.3, -0.25) is 4.21 Å². The van der Waals surface area contributed by atoms with Crippen molar-refractivity contribution in [3.8, 4) is 5.75 Å². The molecule has 2 rings (SSSR count). The Bertz CT molecular complexity index is 428. The Morgan fingerprint density at radius 1 is 1.39 bits per heavy atom. The summed E-state index contributed by atoms with van der Waals surface area (Å²) in [4.78, 5) is 0. The van der Waals surface area contributed by atoms with E-state index in [1.165, 1.54) is 12.8 Å². The fourth-order valence-electron chi connectivity index (χ4n) is 2.49. The topological polar surface area (TPSA) is 52.3 Å². The molecule has 0 bridgehead atoms. The minimum Gasteiger partial charge on any atom is -0.496 e. The zero-order valence-electron chi connectivity index (χ0n) is 10.9. The Morgan fingerprint density at radius 3 is 2.72 bits per heavy atom. The smallest absolute Gasteiger partial charge is 0.123 e. The molecule has 18 heavy (non-hydrogen) atoms. The van der Waals surface area contributed by atoms with Crippen LogP contribution in [0.4, 0.5) is 0 Å². The molecule has 1 unspecified atom stereocenters. The van der Waals surface area contributed by atoms with Crippen molar-refractivity contribution in [2.24, 2.45) is 5.73 Å². The van der Waals surface area contributed by atoms with Crippen LogP contribution < -0.4 is 10.5 Å².